The fourth-order valence-corrected chi connectivity index (χ4v) is 3.76. The number of nitrogens with zero attached hydrogens (tertiary/aromatic N) is 3. The zero-order chi connectivity index (χ0) is 22.9. The van der Waals surface area contributed by atoms with Crippen molar-refractivity contribution in [3.05, 3.63) is 11.1 Å². The van der Waals surface area contributed by atoms with Gasteiger partial charge in [0.25, 0.3) is 11.8 Å². The Bertz CT molecular complexity index is 999. The maximum Gasteiger partial charge on any atom is 1.00 e. The Morgan fingerprint density at radius 1 is 1.45 bits per heavy atom. The zero-order valence-electron chi connectivity index (χ0n) is 15.7. The number of hydrogen-bond donors (Lipinski definition) is 3. The van der Waals surface area contributed by atoms with E-state index in [1.165, 1.54) is 10.7 Å². The quantitative estimate of drug-likeness (QED) is 0.109. The molecule has 1 aromatic rings. The van der Waals surface area contributed by atoms with Crippen molar-refractivity contribution in [3.8, 4) is 0 Å². The largest absolute Gasteiger partial charge is 1.00 e. The van der Waals surface area contributed by atoms with Crippen LogP contribution in [0.4, 0.5) is 18.3 Å². The van der Waals surface area contributed by atoms with Crippen LogP contribution >= 0.6 is 11.3 Å². The third kappa shape index (κ3) is 6.26. The Morgan fingerprint density at radius 2 is 2.06 bits per heavy atom. The van der Waals surface area contributed by atoms with Gasteiger partial charge in [-0.1, -0.05) is 5.16 Å². The molecule has 0 spiro atoms. The molecule has 1 aromatic heterocycles. The summed E-state index contributed by atoms with van der Waals surface area (Å²) >= 11 is 0.934. The van der Waals surface area contributed by atoms with Crippen molar-refractivity contribution < 1.29 is 74.9 Å². The molecule has 31 heavy (non-hydrogen) atoms. The molecule has 1 aliphatic heterocycles. The number of rotatable bonds is 7. The number of thiazole rings is 1. The van der Waals surface area contributed by atoms with Gasteiger partial charge in [0.05, 0.1) is 6.04 Å². The van der Waals surface area contributed by atoms with E-state index in [1.54, 1.807) is 0 Å². The molecule has 0 bridgehead atoms. The molecule has 4 N–H and O–H groups in total. The molecule has 0 unspecified atom stereocenters. The summed E-state index contributed by atoms with van der Waals surface area (Å²) in [4.78, 5) is 43.7. The Morgan fingerprint density at radius 3 is 2.52 bits per heavy atom. The van der Waals surface area contributed by atoms with E-state index in [4.69, 9.17) is 5.73 Å². The van der Waals surface area contributed by atoms with Crippen molar-refractivity contribution in [1.29, 1.82) is 0 Å². The predicted molar refractivity (Wildman–Crippen MR) is 91.4 cm³/mol. The number of halogens is 3. The number of oxime groups is 1. The number of anilines is 1. The predicted octanol–water partition coefficient (Wildman–Crippen LogP) is -5.09. The van der Waals surface area contributed by atoms with E-state index in [2.05, 4.69) is 15.0 Å². The van der Waals surface area contributed by atoms with Crippen molar-refractivity contribution >= 4 is 50.2 Å². The van der Waals surface area contributed by atoms with Crippen LogP contribution in [-0.4, -0.2) is 77.6 Å². The number of nitrogens with one attached hydrogen (secondary N) is 2. The summed E-state index contributed by atoms with van der Waals surface area (Å²) in [6.07, 6.45) is -5.30. The fourth-order valence-electron chi connectivity index (χ4n) is 2.35. The van der Waals surface area contributed by atoms with E-state index < -0.39 is 58.5 Å². The van der Waals surface area contributed by atoms with Gasteiger partial charge in [-0.3, -0.25) is 14.4 Å². The fraction of sp³-hybridized carbons (Fsp3) is 0.417. The summed E-state index contributed by atoms with van der Waals surface area (Å²) in [6.45, 7) is -1.09. The normalized spacial score (nSPS) is 19.2. The molecular formula is C12H12F3N6NaO7S2. The van der Waals surface area contributed by atoms with Crippen molar-refractivity contribution in [2.45, 2.75) is 18.3 Å². The summed E-state index contributed by atoms with van der Waals surface area (Å²) < 4.78 is 70.3. The standard InChI is InChI=1S/C12H13F3N6O7S2.Na/c1-28-20-6(4-3-29-11(16)18-4)8(22)19-7-5(2-17-10(24)12(13,14)15)21(9(7)23)30(25,26)27;/h3,5,7H,2H2,1H3,(H2,16,18)(H,17,24)(H,19,22)(H,25,26,27);/q;+1/p-1/b20-6-;/t5-,7+;/m0./s1. The molecule has 1 aliphatic rings. The van der Waals surface area contributed by atoms with Gasteiger partial charge in [-0.2, -0.15) is 13.2 Å². The van der Waals surface area contributed by atoms with Gasteiger partial charge in [-0.25, -0.2) is 17.7 Å². The molecule has 19 heteroatoms. The second kappa shape index (κ2) is 10.1. The van der Waals surface area contributed by atoms with Crippen LogP contribution in [0.25, 0.3) is 0 Å². The molecule has 2 rings (SSSR count). The molecule has 2 heterocycles. The number of nitrogen functional groups attached to an aromatic ring is 1. The second-order valence-corrected chi connectivity index (χ2v) is 7.65. The van der Waals surface area contributed by atoms with E-state index in [9.17, 15) is 40.5 Å². The molecule has 1 fully saturated rings. The third-order valence-corrected chi connectivity index (χ3v) is 5.19. The number of aromatic nitrogens is 1. The smallest absolute Gasteiger partial charge is 0.731 e. The minimum Gasteiger partial charge on any atom is -0.731 e. The zero-order valence-corrected chi connectivity index (χ0v) is 19.3. The maximum absolute atomic E-state index is 12.4. The van der Waals surface area contributed by atoms with Gasteiger partial charge in [0, 0.05) is 11.9 Å². The number of nitrogens with two attached hydrogens (primary N) is 1. The van der Waals surface area contributed by atoms with Gasteiger partial charge < -0.3 is 25.8 Å². The number of carbonyl (C=O) groups is 3. The molecule has 0 aliphatic carbocycles. The molecule has 166 valence electrons. The van der Waals surface area contributed by atoms with Crippen LogP contribution in [-0.2, 0) is 29.5 Å². The minimum absolute atomic E-state index is 0. The minimum atomic E-state index is -5.43. The van der Waals surface area contributed by atoms with E-state index in [0.717, 1.165) is 18.4 Å². The van der Waals surface area contributed by atoms with Crippen molar-refractivity contribution in [1.82, 2.24) is 19.9 Å². The topological polar surface area (TPSA) is 196 Å². The van der Waals surface area contributed by atoms with E-state index in [1.807, 2.05) is 5.32 Å². The van der Waals surface area contributed by atoms with Crippen molar-refractivity contribution in [2.75, 3.05) is 19.4 Å². The molecule has 1 saturated heterocycles. The number of alkyl halides is 3. The maximum atomic E-state index is 12.4. The first kappa shape index (κ1) is 27.0. The van der Waals surface area contributed by atoms with Gasteiger partial charge >= 0.3 is 41.6 Å². The van der Waals surface area contributed by atoms with Gasteiger partial charge in [0.15, 0.2) is 21.1 Å². The van der Waals surface area contributed by atoms with Gasteiger partial charge in [0.2, 0.25) is 0 Å². The molecular weight excluding hydrogens is 484 g/mol. The molecule has 0 radical (unpaired) electrons. The second-order valence-electron chi connectivity index (χ2n) is 5.51. The summed E-state index contributed by atoms with van der Waals surface area (Å²) in [5, 5.41) is 8.14. The number of β-lactam (4-membered cyclic amide) rings is 1. The number of hydrogen-bond acceptors (Lipinski definition) is 11. The first-order valence-electron chi connectivity index (χ1n) is 7.55. The van der Waals surface area contributed by atoms with Crippen LogP contribution in [0.1, 0.15) is 5.69 Å². The summed E-state index contributed by atoms with van der Waals surface area (Å²) in [5.74, 6) is -4.98. The van der Waals surface area contributed by atoms with Crippen LogP contribution in [0.3, 0.4) is 0 Å². The van der Waals surface area contributed by atoms with Crippen LogP contribution in [0.5, 0.6) is 0 Å². The van der Waals surface area contributed by atoms with Crippen LogP contribution in [0.15, 0.2) is 10.5 Å². The summed E-state index contributed by atoms with van der Waals surface area (Å²) in [5.41, 5.74) is 4.89. The van der Waals surface area contributed by atoms with E-state index in [0.29, 0.717) is 0 Å². The van der Waals surface area contributed by atoms with Gasteiger partial charge in [0.1, 0.15) is 18.8 Å². The first-order valence-corrected chi connectivity index (χ1v) is 9.79. The van der Waals surface area contributed by atoms with Crippen molar-refractivity contribution in [2.24, 2.45) is 5.16 Å². The molecule has 13 nitrogen and oxygen atoms in total. The van der Waals surface area contributed by atoms with Crippen molar-refractivity contribution in [3.63, 3.8) is 0 Å². The van der Waals surface area contributed by atoms with Gasteiger partial charge in [-0.05, 0) is 0 Å². The van der Waals surface area contributed by atoms with Crippen LogP contribution in [0.2, 0.25) is 0 Å². The summed E-state index contributed by atoms with van der Waals surface area (Å²) in [6, 6.07) is -3.56. The molecule has 2 atom stereocenters. The number of carbonyl (C=O) groups excluding carboxylic acids is 3. The average Bonchev–Trinajstić information content (AvgIpc) is 3.04. The Balaban J connectivity index is 0.00000480. The molecule has 0 saturated carbocycles. The first-order chi connectivity index (χ1) is 13.8. The van der Waals surface area contributed by atoms with Crippen LogP contribution in [0, 0.1) is 0 Å². The van der Waals surface area contributed by atoms with E-state index >= 15 is 0 Å². The molecule has 3 amide bonds. The SMILES string of the molecule is CO/N=C(\C(=O)N[C@H]1C(=O)N(S(=O)(=O)[O-])[C@H]1CNC(=O)C(F)(F)F)c1csc(N)n1.[Na+]. The Kier molecular flexibility index (Phi) is 8.80. The molecule has 0 aromatic carbocycles. The van der Waals surface area contributed by atoms with Crippen LogP contribution < -0.4 is 45.9 Å². The summed E-state index contributed by atoms with van der Waals surface area (Å²) in [7, 11) is -4.35. The van der Waals surface area contributed by atoms with Gasteiger partial charge in [-0.15, -0.1) is 11.3 Å². The third-order valence-electron chi connectivity index (χ3n) is 3.59. The number of amides is 3. The van der Waals surface area contributed by atoms with E-state index in [-0.39, 0.29) is 44.7 Å². The Labute approximate surface area is 198 Å². The average molecular weight is 496 g/mol. The monoisotopic (exact) mass is 496 g/mol. The Hall–Kier alpha value is -1.99.